The van der Waals surface area contributed by atoms with E-state index < -0.39 is 24.0 Å². The molecule has 0 heterocycles. The molecular formula is C29H34FNO9. The smallest absolute Gasteiger partial charge is 0.343 e. The van der Waals surface area contributed by atoms with Crippen molar-refractivity contribution in [1.29, 1.82) is 0 Å². The van der Waals surface area contributed by atoms with E-state index in [0.29, 0.717) is 13.2 Å². The Balaban J connectivity index is 1.84. The number of halogens is 1. The molecule has 0 spiro atoms. The van der Waals surface area contributed by atoms with Gasteiger partial charge in [-0.15, -0.1) is 0 Å². The lowest BCUT2D eigenvalue weighted by Gasteiger charge is -2.23. The quantitative estimate of drug-likeness (QED) is 0.106. The highest BCUT2D eigenvalue weighted by molar-refractivity contribution is 5.77. The molecule has 0 saturated carbocycles. The molecule has 0 aromatic heterocycles. The maximum Gasteiger partial charge on any atom is 0.343 e. The Hall–Kier alpha value is -3.58. The first-order chi connectivity index (χ1) is 19.6. The number of rotatable bonds is 18. The van der Waals surface area contributed by atoms with Crippen LogP contribution < -0.4 is 15.4 Å². The van der Waals surface area contributed by atoms with Gasteiger partial charge in [0.1, 0.15) is 0 Å². The van der Waals surface area contributed by atoms with Crippen molar-refractivity contribution in [2.24, 2.45) is 5.90 Å². The topological polar surface area (TPSA) is 117 Å². The lowest BCUT2D eigenvalue weighted by atomic mass is 10.0. The Morgan fingerprint density at radius 1 is 0.775 bits per heavy atom. The highest BCUT2D eigenvalue weighted by Gasteiger charge is 2.30. The average molecular weight is 560 g/mol. The van der Waals surface area contributed by atoms with Gasteiger partial charge in [-0.05, 0) is 23.3 Å². The second-order valence-corrected chi connectivity index (χ2v) is 8.31. The number of nitrogens with two attached hydrogens (primary N) is 1. The van der Waals surface area contributed by atoms with Crippen molar-refractivity contribution >= 4 is 5.97 Å². The van der Waals surface area contributed by atoms with Gasteiger partial charge in [-0.25, -0.2) is 15.1 Å². The van der Waals surface area contributed by atoms with Crippen LogP contribution in [-0.2, 0) is 33.3 Å². The summed E-state index contributed by atoms with van der Waals surface area (Å²) >= 11 is 0. The van der Waals surface area contributed by atoms with Crippen LogP contribution in [-0.4, -0.2) is 60.2 Å². The minimum Gasteiger partial charge on any atom is -0.464 e. The van der Waals surface area contributed by atoms with Gasteiger partial charge < -0.3 is 33.2 Å². The summed E-state index contributed by atoms with van der Waals surface area (Å²) in [6.07, 6.45) is -2.23. The molecule has 0 fully saturated rings. The van der Waals surface area contributed by atoms with Crippen molar-refractivity contribution in [2.45, 2.75) is 12.2 Å². The van der Waals surface area contributed by atoms with Crippen molar-refractivity contribution in [1.82, 2.24) is 0 Å². The third kappa shape index (κ3) is 9.26. The van der Waals surface area contributed by atoms with Crippen molar-refractivity contribution in [3.8, 4) is 11.5 Å². The van der Waals surface area contributed by atoms with E-state index in [0.717, 1.165) is 17.2 Å². The molecule has 3 rings (SSSR count). The molecule has 10 nitrogen and oxygen atoms in total. The molecule has 0 aliphatic carbocycles. The number of carbonyl (C=O) groups is 1. The molecule has 0 bridgehead atoms. The van der Waals surface area contributed by atoms with Gasteiger partial charge in [-0.1, -0.05) is 60.7 Å². The lowest BCUT2D eigenvalue weighted by Crippen LogP contribution is -2.24. The van der Waals surface area contributed by atoms with Gasteiger partial charge in [0, 0.05) is 19.8 Å². The summed E-state index contributed by atoms with van der Waals surface area (Å²) in [4.78, 5) is 18.3. The molecule has 2 N–H and O–H groups in total. The van der Waals surface area contributed by atoms with E-state index in [2.05, 4.69) is 0 Å². The normalized spacial score (nSPS) is 11.8. The van der Waals surface area contributed by atoms with E-state index in [4.69, 9.17) is 43.9 Å². The van der Waals surface area contributed by atoms with Crippen molar-refractivity contribution in [3.63, 3.8) is 0 Å². The number of hydrogen-bond acceptors (Lipinski definition) is 10. The molecule has 40 heavy (non-hydrogen) atoms. The fourth-order valence-corrected chi connectivity index (χ4v) is 3.63. The van der Waals surface area contributed by atoms with Crippen LogP contribution in [0.1, 0.15) is 28.9 Å². The standard InChI is InChI=1S/C29H34FNO9/c1-33-13-15-35-19-37-25-18-23(17-24(30)28(25)38-20-36-16-14-34-2)27(40-31)29(32)39-26(21-9-5-3-6-10-21)22-11-7-4-8-12-22/h3-12,17-18,26-27H,13-16,19-20,31H2,1-2H3. The van der Waals surface area contributed by atoms with Crippen molar-refractivity contribution < 1.29 is 47.2 Å². The molecule has 0 aliphatic rings. The third-order valence-electron chi connectivity index (χ3n) is 5.57. The molecule has 216 valence electrons. The van der Waals surface area contributed by atoms with Crippen LogP contribution in [0.5, 0.6) is 11.5 Å². The molecule has 0 amide bonds. The van der Waals surface area contributed by atoms with Gasteiger partial charge in [0.25, 0.3) is 0 Å². The number of ether oxygens (including phenoxy) is 7. The van der Waals surface area contributed by atoms with Crippen LogP contribution in [0.2, 0.25) is 0 Å². The summed E-state index contributed by atoms with van der Waals surface area (Å²) in [6.45, 7) is 0.659. The zero-order chi connectivity index (χ0) is 28.6. The lowest BCUT2D eigenvalue weighted by molar-refractivity contribution is -0.162. The van der Waals surface area contributed by atoms with Crippen LogP contribution in [0.3, 0.4) is 0 Å². The maximum atomic E-state index is 15.3. The molecule has 0 aliphatic heterocycles. The monoisotopic (exact) mass is 559 g/mol. The van der Waals surface area contributed by atoms with Crippen LogP contribution in [0.4, 0.5) is 4.39 Å². The number of carbonyl (C=O) groups excluding carboxylic acids is 1. The van der Waals surface area contributed by atoms with E-state index in [-0.39, 0.29) is 43.9 Å². The summed E-state index contributed by atoms with van der Waals surface area (Å²) < 4.78 is 52.7. The SMILES string of the molecule is COCCOCOc1cc(C(ON)C(=O)OC(c2ccccc2)c2ccccc2)cc(F)c1OCOCCOC. The summed E-state index contributed by atoms with van der Waals surface area (Å²) in [5.74, 6) is 3.54. The predicted octanol–water partition coefficient (Wildman–Crippen LogP) is 4.09. The van der Waals surface area contributed by atoms with Crippen LogP contribution in [0, 0.1) is 5.82 Å². The number of benzene rings is 3. The summed E-state index contributed by atoms with van der Waals surface area (Å²) in [5, 5.41) is 0. The first kappa shape index (κ1) is 31.0. The van der Waals surface area contributed by atoms with Gasteiger partial charge >= 0.3 is 5.97 Å². The van der Waals surface area contributed by atoms with Gasteiger partial charge in [0.05, 0.1) is 26.4 Å². The highest BCUT2D eigenvalue weighted by Crippen LogP contribution is 2.36. The molecular weight excluding hydrogens is 525 g/mol. The van der Waals surface area contributed by atoms with Crippen LogP contribution in [0.15, 0.2) is 72.8 Å². The van der Waals surface area contributed by atoms with E-state index in [1.54, 1.807) is 0 Å². The Labute approximate surface area is 232 Å². The summed E-state index contributed by atoms with van der Waals surface area (Å²) in [6, 6.07) is 20.8. The zero-order valence-corrected chi connectivity index (χ0v) is 22.5. The Kier molecular flexibility index (Phi) is 13.3. The van der Waals surface area contributed by atoms with E-state index in [1.807, 2.05) is 60.7 Å². The predicted molar refractivity (Wildman–Crippen MR) is 142 cm³/mol. The fourth-order valence-electron chi connectivity index (χ4n) is 3.63. The Morgan fingerprint density at radius 2 is 1.32 bits per heavy atom. The number of methoxy groups -OCH3 is 2. The maximum absolute atomic E-state index is 15.3. The third-order valence-corrected chi connectivity index (χ3v) is 5.57. The molecule has 3 aromatic rings. The number of esters is 1. The minimum atomic E-state index is -1.48. The largest absolute Gasteiger partial charge is 0.464 e. The van der Waals surface area contributed by atoms with E-state index in [9.17, 15) is 4.79 Å². The van der Waals surface area contributed by atoms with Crippen molar-refractivity contribution in [2.75, 3.05) is 54.2 Å². The first-order valence-electron chi connectivity index (χ1n) is 12.5. The molecule has 1 unspecified atom stereocenters. The molecule has 11 heteroatoms. The van der Waals surface area contributed by atoms with Crippen molar-refractivity contribution in [3.05, 3.63) is 95.3 Å². The average Bonchev–Trinajstić information content (AvgIpc) is 2.98. The second kappa shape index (κ2) is 17.2. The summed E-state index contributed by atoms with van der Waals surface area (Å²) in [5.41, 5.74) is 1.52. The zero-order valence-electron chi connectivity index (χ0n) is 22.5. The molecule has 3 aromatic carbocycles. The second-order valence-electron chi connectivity index (χ2n) is 8.31. The van der Waals surface area contributed by atoms with Gasteiger partial charge in [-0.3, -0.25) is 4.84 Å². The summed E-state index contributed by atoms with van der Waals surface area (Å²) in [7, 11) is 3.06. The molecule has 1 atom stereocenters. The first-order valence-corrected chi connectivity index (χ1v) is 12.5. The van der Waals surface area contributed by atoms with Gasteiger partial charge in [0.2, 0.25) is 6.10 Å². The van der Waals surface area contributed by atoms with Crippen LogP contribution in [0.25, 0.3) is 0 Å². The number of hydrogen-bond donors (Lipinski definition) is 1. The van der Waals surface area contributed by atoms with E-state index >= 15 is 4.39 Å². The Morgan fingerprint density at radius 3 is 1.85 bits per heavy atom. The highest BCUT2D eigenvalue weighted by atomic mass is 19.1. The minimum absolute atomic E-state index is 0.0458. The fraction of sp³-hybridized carbons (Fsp3) is 0.345. The van der Waals surface area contributed by atoms with Gasteiger partial charge in [0.15, 0.2) is 37.0 Å². The van der Waals surface area contributed by atoms with Crippen LogP contribution >= 0.6 is 0 Å². The molecule has 0 radical (unpaired) electrons. The molecule has 0 saturated heterocycles. The Bertz CT molecular complexity index is 1110. The van der Waals surface area contributed by atoms with E-state index in [1.165, 1.54) is 20.3 Å². The van der Waals surface area contributed by atoms with Gasteiger partial charge in [-0.2, -0.15) is 0 Å².